The third kappa shape index (κ3) is 6.23. The van der Waals surface area contributed by atoms with Gasteiger partial charge in [-0.25, -0.2) is 0 Å². The molecule has 0 unspecified atom stereocenters. The number of thioether (sulfide) groups is 1. The summed E-state index contributed by atoms with van der Waals surface area (Å²) in [5.41, 5.74) is 6.09. The van der Waals surface area contributed by atoms with Crippen molar-refractivity contribution in [3.05, 3.63) is 23.8 Å². The normalized spacial score (nSPS) is 10.9. The van der Waals surface area contributed by atoms with Crippen molar-refractivity contribution >= 4 is 24.4 Å². The third-order valence-corrected chi connectivity index (χ3v) is 2.82. The second kappa shape index (κ2) is 6.56. The molecule has 1 nitrogen and oxygen atoms in total. The van der Waals surface area contributed by atoms with E-state index in [9.17, 15) is 12.9 Å². The number of halogens is 3. The fourth-order valence-corrected chi connectivity index (χ4v) is 1.74. The fraction of sp³-hybridized carbons (Fsp3) is 0.250. The number of aryl methyl sites for hydroxylation is 1. The number of rotatable bonds is 3. The topological polar surface area (TPSA) is 26.0 Å². The molecule has 0 spiro atoms. The van der Waals surface area contributed by atoms with E-state index in [1.807, 2.05) is 6.92 Å². The van der Waals surface area contributed by atoms with Gasteiger partial charge in [-0.1, -0.05) is 6.07 Å². The van der Waals surface area contributed by atoms with Gasteiger partial charge in [0.2, 0.25) is 0 Å². The third-order valence-electron chi connectivity index (χ3n) is 1.59. The minimum Gasteiger partial charge on any atom is -0.448 e. The SMILES string of the molecule is Cc1ccc(SC[B-](F)(F)F)c(N)c1.[K+]. The molecule has 0 aromatic heterocycles. The number of benzene rings is 1. The van der Waals surface area contributed by atoms with Crippen molar-refractivity contribution in [1.82, 2.24) is 0 Å². The minimum atomic E-state index is -4.74. The molecule has 0 aliphatic heterocycles. The first-order chi connectivity index (χ1) is 6.38. The van der Waals surface area contributed by atoms with Crippen molar-refractivity contribution < 1.29 is 64.3 Å². The molecular weight excluding hydrogens is 249 g/mol. The summed E-state index contributed by atoms with van der Waals surface area (Å²) in [6, 6.07) is 5.05. The van der Waals surface area contributed by atoms with E-state index >= 15 is 0 Å². The first-order valence-electron chi connectivity index (χ1n) is 4.08. The van der Waals surface area contributed by atoms with Gasteiger partial charge in [0.15, 0.2) is 0 Å². The zero-order valence-electron chi connectivity index (χ0n) is 8.64. The van der Waals surface area contributed by atoms with Gasteiger partial charge in [0.1, 0.15) is 0 Å². The molecule has 15 heavy (non-hydrogen) atoms. The number of hydrogen-bond donors (Lipinski definition) is 1. The fourth-order valence-electron chi connectivity index (χ4n) is 0.984. The molecule has 0 saturated carbocycles. The Morgan fingerprint density at radius 3 is 2.40 bits per heavy atom. The van der Waals surface area contributed by atoms with Gasteiger partial charge in [0.25, 0.3) is 0 Å². The molecule has 1 aromatic carbocycles. The van der Waals surface area contributed by atoms with E-state index in [1.165, 1.54) is 0 Å². The average molecular weight is 259 g/mol. The van der Waals surface area contributed by atoms with Crippen LogP contribution in [0.3, 0.4) is 0 Å². The van der Waals surface area contributed by atoms with Crippen molar-refractivity contribution in [2.45, 2.75) is 11.8 Å². The molecule has 2 N–H and O–H groups in total. The smallest absolute Gasteiger partial charge is 0.448 e. The van der Waals surface area contributed by atoms with Crippen LogP contribution in [0, 0.1) is 6.92 Å². The zero-order valence-corrected chi connectivity index (χ0v) is 12.6. The van der Waals surface area contributed by atoms with Gasteiger partial charge in [0, 0.05) is 10.6 Å². The maximum atomic E-state index is 12.0. The molecule has 0 heterocycles. The Kier molecular flexibility index (Phi) is 6.94. The average Bonchev–Trinajstić information content (AvgIpc) is 2.00. The van der Waals surface area contributed by atoms with E-state index in [0.717, 1.165) is 17.3 Å². The Labute approximate surface area is 134 Å². The van der Waals surface area contributed by atoms with Gasteiger partial charge in [-0.2, -0.15) is 11.8 Å². The summed E-state index contributed by atoms with van der Waals surface area (Å²) in [4.78, 5) is 0.495. The van der Waals surface area contributed by atoms with Crippen molar-refractivity contribution in [3.63, 3.8) is 0 Å². The minimum absolute atomic E-state index is 0. The summed E-state index contributed by atoms with van der Waals surface area (Å²) in [5.74, 6) is 0. The molecule has 0 aliphatic rings. The van der Waals surface area contributed by atoms with Crippen LogP contribution < -0.4 is 57.1 Å². The van der Waals surface area contributed by atoms with Crippen LogP contribution in [0.25, 0.3) is 0 Å². The van der Waals surface area contributed by atoms with Crippen LogP contribution in [-0.4, -0.2) is 12.6 Å². The quantitative estimate of drug-likeness (QED) is 0.472. The molecule has 1 rings (SSSR count). The predicted octanol–water partition coefficient (Wildman–Crippen LogP) is 0.0599. The molecular formula is C8H10BF3KNS. The van der Waals surface area contributed by atoms with Gasteiger partial charge in [-0.3, -0.25) is 0 Å². The number of nitrogens with two attached hydrogens (primary N) is 1. The van der Waals surface area contributed by atoms with E-state index in [0.29, 0.717) is 10.6 Å². The van der Waals surface area contributed by atoms with Gasteiger partial charge < -0.3 is 18.7 Å². The van der Waals surface area contributed by atoms with Crippen LogP contribution in [-0.2, 0) is 0 Å². The molecule has 0 bridgehead atoms. The van der Waals surface area contributed by atoms with E-state index < -0.39 is 12.6 Å². The van der Waals surface area contributed by atoms with Crippen molar-refractivity contribution in [2.75, 3.05) is 11.4 Å². The molecule has 0 radical (unpaired) electrons. The molecule has 7 heteroatoms. The number of nitrogen functional groups attached to an aromatic ring is 1. The van der Waals surface area contributed by atoms with Crippen LogP contribution in [0.1, 0.15) is 5.56 Å². The Morgan fingerprint density at radius 1 is 1.33 bits per heavy atom. The maximum Gasteiger partial charge on any atom is 1.00 e. The van der Waals surface area contributed by atoms with Crippen LogP contribution in [0.5, 0.6) is 0 Å². The van der Waals surface area contributed by atoms with E-state index in [4.69, 9.17) is 5.73 Å². The summed E-state index contributed by atoms with van der Waals surface area (Å²) in [6.07, 6.45) is 0. The zero-order chi connectivity index (χ0) is 10.8. The van der Waals surface area contributed by atoms with Crippen LogP contribution in [0.15, 0.2) is 23.1 Å². The first kappa shape index (κ1) is 15.9. The Morgan fingerprint density at radius 2 is 1.93 bits per heavy atom. The maximum absolute atomic E-state index is 12.0. The standard InChI is InChI=1S/C8H10BF3NS.K/c1-6-2-3-8(7(13)4-6)14-5-9(10,11)12;/h2-4H,5,13H2,1H3;/q-1;+1. The van der Waals surface area contributed by atoms with Crippen molar-refractivity contribution in [3.8, 4) is 0 Å². The molecule has 1 aromatic rings. The van der Waals surface area contributed by atoms with Gasteiger partial charge in [-0.05, 0) is 30.3 Å². The Hall–Kier alpha value is 0.861. The molecule has 0 atom stereocenters. The monoisotopic (exact) mass is 259 g/mol. The molecule has 0 saturated heterocycles. The Balaban J connectivity index is 0.00000196. The van der Waals surface area contributed by atoms with Crippen molar-refractivity contribution in [2.24, 2.45) is 0 Å². The van der Waals surface area contributed by atoms with Crippen LogP contribution in [0.2, 0.25) is 0 Å². The van der Waals surface area contributed by atoms with Gasteiger partial charge in [0.05, 0.1) is 0 Å². The van der Waals surface area contributed by atoms with E-state index in [1.54, 1.807) is 18.2 Å². The van der Waals surface area contributed by atoms with Gasteiger partial charge >= 0.3 is 58.4 Å². The van der Waals surface area contributed by atoms with Crippen molar-refractivity contribution in [1.29, 1.82) is 0 Å². The summed E-state index contributed by atoms with van der Waals surface area (Å²) in [6.45, 7) is -2.90. The molecule has 78 valence electrons. The van der Waals surface area contributed by atoms with Crippen LogP contribution >= 0.6 is 11.8 Å². The number of hydrogen-bond acceptors (Lipinski definition) is 2. The summed E-state index contributed by atoms with van der Waals surface area (Å²) >= 11 is 0.740. The summed E-state index contributed by atoms with van der Waals surface area (Å²) < 4.78 is 35.9. The summed E-state index contributed by atoms with van der Waals surface area (Å²) in [5, 5.41) is 0. The molecule has 0 aliphatic carbocycles. The predicted molar refractivity (Wildman–Crippen MR) is 55.4 cm³/mol. The van der Waals surface area contributed by atoms with E-state index in [2.05, 4.69) is 0 Å². The Bertz CT molecular complexity index is 332. The summed E-state index contributed by atoms with van der Waals surface area (Å²) in [7, 11) is 0. The van der Waals surface area contributed by atoms with Crippen LogP contribution in [0.4, 0.5) is 18.6 Å². The van der Waals surface area contributed by atoms with Gasteiger partial charge in [-0.15, -0.1) is 0 Å². The second-order valence-electron chi connectivity index (χ2n) is 3.06. The number of anilines is 1. The second-order valence-corrected chi connectivity index (χ2v) is 4.12. The largest absolute Gasteiger partial charge is 1.00 e. The van der Waals surface area contributed by atoms with E-state index in [-0.39, 0.29) is 51.4 Å². The first-order valence-corrected chi connectivity index (χ1v) is 5.07. The molecule has 0 fully saturated rings. The molecule has 0 amide bonds.